The third kappa shape index (κ3) is 2.35. The Morgan fingerprint density at radius 2 is 2.25 bits per heavy atom. The summed E-state index contributed by atoms with van der Waals surface area (Å²) in [6.45, 7) is 2.89. The van der Waals surface area contributed by atoms with Gasteiger partial charge in [0, 0.05) is 12.2 Å². The summed E-state index contributed by atoms with van der Waals surface area (Å²) in [5.41, 5.74) is 2.43. The Labute approximate surface area is 95.5 Å². The van der Waals surface area contributed by atoms with Gasteiger partial charge >= 0.3 is 5.97 Å². The number of hydrogen-bond acceptors (Lipinski definition) is 2. The molecule has 2 rings (SSSR count). The molecule has 2 atom stereocenters. The van der Waals surface area contributed by atoms with Crippen LogP contribution in [0.3, 0.4) is 0 Å². The van der Waals surface area contributed by atoms with Crippen LogP contribution in [-0.4, -0.2) is 17.6 Å². The molecule has 3 nitrogen and oxygen atoms in total. The van der Waals surface area contributed by atoms with Crippen molar-refractivity contribution in [3.63, 3.8) is 0 Å². The third-order valence-corrected chi connectivity index (χ3v) is 3.19. The average Bonchev–Trinajstić information content (AvgIpc) is 3.06. The van der Waals surface area contributed by atoms with Crippen LogP contribution in [0.5, 0.6) is 0 Å². The maximum Gasteiger partial charge on any atom is 0.306 e. The molecule has 16 heavy (non-hydrogen) atoms. The van der Waals surface area contributed by atoms with Crippen LogP contribution in [-0.2, 0) is 11.2 Å². The molecule has 3 heteroatoms. The van der Waals surface area contributed by atoms with E-state index in [1.54, 1.807) is 0 Å². The van der Waals surface area contributed by atoms with Crippen LogP contribution in [0.15, 0.2) is 24.3 Å². The van der Waals surface area contributed by atoms with Crippen molar-refractivity contribution in [2.45, 2.75) is 19.8 Å². The van der Waals surface area contributed by atoms with Crippen LogP contribution in [0.4, 0.5) is 5.69 Å². The number of carboxylic acids is 1. The first kappa shape index (κ1) is 11.0. The largest absolute Gasteiger partial charge is 0.481 e. The molecule has 0 spiro atoms. The van der Waals surface area contributed by atoms with Crippen molar-refractivity contribution in [1.82, 2.24) is 0 Å². The number of anilines is 1. The van der Waals surface area contributed by atoms with Crippen molar-refractivity contribution in [3.05, 3.63) is 29.8 Å². The first-order chi connectivity index (χ1) is 7.72. The molecule has 2 unspecified atom stereocenters. The summed E-state index contributed by atoms with van der Waals surface area (Å²) in [6, 6.07) is 8.19. The van der Waals surface area contributed by atoms with Crippen LogP contribution in [0, 0.1) is 11.8 Å². The van der Waals surface area contributed by atoms with Gasteiger partial charge in [-0.25, -0.2) is 0 Å². The zero-order chi connectivity index (χ0) is 11.5. The molecule has 1 aromatic rings. The Kier molecular flexibility index (Phi) is 3.13. The number of aryl methyl sites for hydroxylation is 1. The molecule has 0 aliphatic heterocycles. The van der Waals surface area contributed by atoms with Gasteiger partial charge in [-0.2, -0.15) is 0 Å². The number of benzene rings is 1. The average molecular weight is 219 g/mol. The maximum atomic E-state index is 10.7. The van der Waals surface area contributed by atoms with E-state index < -0.39 is 5.97 Å². The van der Waals surface area contributed by atoms with E-state index in [0.29, 0.717) is 5.92 Å². The van der Waals surface area contributed by atoms with Crippen molar-refractivity contribution >= 4 is 11.7 Å². The lowest BCUT2D eigenvalue weighted by Gasteiger charge is -2.10. The predicted molar refractivity (Wildman–Crippen MR) is 63.5 cm³/mol. The molecule has 1 fully saturated rings. The van der Waals surface area contributed by atoms with Crippen LogP contribution in [0.1, 0.15) is 18.9 Å². The smallest absolute Gasteiger partial charge is 0.306 e. The lowest BCUT2D eigenvalue weighted by Crippen LogP contribution is -2.09. The van der Waals surface area contributed by atoms with Gasteiger partial charge in [0.25, 0.3) is 0 Å². The molecular weight excluding hydrogens is 202 g/mol. The van der Waals surface area contributed by atoms with Gasteiger partial charge in [-0.3, -0.25) is 4.79 Å². The Morgan fingerprint density at radius 1 is 1.50 bits per heavy atom. The van der Waals surface area contributed by atoms with Crippen molar-refractivity contribution < 1.29 is 9.90 Å². The molecule has 0 saturated heterocycles. The maximum absolute atomic E-state index is 10.7. The molecule has 0 aromatic heterocycles. The SMILES string of the molecule is CCc1ccccc1NCC1CC1C(=O)O. The third-order valence-electron chi connectivity index (χ3n) is 3.19. The first-order valence-corrected chi connectivity index (χ1v) is 5.77. The minimum atomic E-state index is -0.657. The lowest BCUT2D eigenvalue weighted by atomic mass is 10.1. The summed E-state index contributed by atoms with van der Waals surface area (Å²) in [6.07, 6.45) is 1.81. The van der Waals surface area contributed by atoms with Gasteiger partial charge < -0.3 is 10.4 Å². The molecule has 1 saturated carbocycles. The Morgan fingerprint density at radius 3 is 2.88 bits per heavy atom. The highest BCUT2D eigenvalue weighted by Crippen LogP contribution is 2.38. The van der Waals surface area contributed by atoms with Gasteiger partial charge in [0.15, 0.2) is 0 Å². The van der Waals surface area contributed by atoms with Gasteiger partial charge in [-0.15, -0.1) is 0 Å². The molecule has 86 valence electrons. The Balaban J connectivity index is 1.88. The van der Waals surface area contributed by atoms with E-state index in [1.807, 2.05) is 12.1 Å². The zero-order valence-electron chi connectivity index (χ0n) is 9.44. The van der Waals surface area contributed by atoms with Gasteiger partial charge in [-0.1, -0.05) is 25.1 Å². The molecule has 1 aromatic carbocycles. The van der Waals surface area contributed by atoms with E-state index >= 15 is 0 Å². The fourth-order valence-corrected chi connectivity index (χ4v) is 2.02. The van der Waals surface area contributed by atoms with Crippen molar-refractivity contribution in [2.75, 3.05) is 11.9 Å². The van der Waals surface area contributed by atoms with E-state index in [9.17, 15) is 4.79 Å². The summed E-state index contributed by atoms with van der Waals surface area (Å²) >= 11 is 0. The highest BCUT2D eigenvalue weighted by Gasteiger charge is 2.42. The monoisotopic (exact) mass is 219 g/mol. The predicted octanol–water partition coefficient (Wildman–Crippen LogP) is 2.38. The molecular formula is C13H17NO2. The number of hydrogen-bond donors (Lipinski definition) is 2. The highest BCUT2D eigenvalue weighted by molar-refractivity contribution is 5.73. The molecule has 2 N–H and O–H groups in total. The normalized spacial score (nSPS) is 22.8. The number of carboxylic acid groups (broad SMARTS) is 1. The molecule has 1 aliphatic carbocycles. The summed E-state index contributed by atoms with van der Waals surface area (Å²) in [7, 11) is 0. The Hall–Kier alpha value is -1.51. The number of carbonyl (C=O) groups is 1. The summed E-state index contributed by atoms with van der Waals surface area (Å²) < 4.78 is 0. The zero-order valence-corrected chi connectivity index (χ0v) is 9.44. The van der Waals surface area contributed by atoms with Gasteiger partial charge in [0.1, 0.15) is 0 Å². The van der Waals surface area contributed by atoms with E-state index in [2.05, 4.69) is 24.4 Å². The number of para-hydroxylation sites is 1. The molecule has 0 radical (unpaired) electrons. The topological polar surface area (TPSA) is 49.3 Å². The standard InChI is InChI=1S/C13H17NO2/c1-2-9-5-3-4-6-12(9)14-8-10-7-11(10)13(15)16/h3-6,10-11,14H,2,7-8H2,1H3,(H,15,16). The minimum Gasteiger partial charge on any atom is -0.481 e. The lowest BCUT2D eigenvalue weighted by molar-refractivity contribution is -0.138. The van der Waals surface area contributed by atoms with E-state index in [0.717, 1.165) is 25.1 Å². The van der Waals surface area contributed by atoms with Crippen molar-refractivity contribution in [3.8, 4) is 0 Å². The molecule has 0 amide bonds. The summed E-state index contributed by atoms with van der Waals surface area (Å²) in [4.78, 5) is 10.7. The molecule has 0 heterocycles. The van der Waals surface area contributed by atoms with Gasteiger partial charge in [0.2, 0.25) is 0 Å². The van der Waals surface area contributed by atoms with Crippen molar-refractivity contribution in [2.24, 2.45) is 11.8 Å². The fourth-order valence-electron chi connectivity index (χ4n) is 2.02. The van der Waals surface area contributed by atoms with Crippen LogP contribution in [0.25, 0.3) is 0 Å². The van der Waals surface area contributed by atoms with Crippen LogP contribution in [0.2, 0.25) is 0 Å². The summed E-state index contributed by atoms with van der Waals surface area (Å²) in [5, 5.41) is 12.1. The second-order valence-electron chi connectivity index (χ2n) is 4.33. The second kappa shape index (κ2) is 4.56. The quantitative estimate of drug-likeness (QED) is 0.799. The van der Waals surface area contributed by atoms with E-state index in [-0.39, 0.29) is 5.92 Å². The Bertz CT molecular complexity index is 389. The van der Waals surface area contributed by atoms with Crippen LogP contribution < -0.4 is 5.32 Å². The van der Waals surface area contributed by atoms with Gasteiger partial charge in [0.05, 0.1) is 5.92 Å². The van der Waals surface area contributed by atoms with Crippen LogP contribution >= 0.6 is 0 Å². The number of nitrogens with one attached hydrogen (secondary N) is 1. The molecule has 0 bridgehead atoms. The van der Waals surface area contributed by atoms with Crippen molar-refractivity contribution in [1.29, 1.82) is 0 Å². The van der Waals surface area contributed by atoms with Gasteiger partial charge in [-0.05, 0) is 30.4 Å². The minimum absolute atomic E-state index is 0.124. The number of rotatable bonds is 5. The molecule has 1 aliphatic rings. The fraction of sp³-hybridized carbons (Fsp3) is 0.462. The second-order valence-corrected chi connectivity index (χ2v) is 4.33. The first-order valence-electron chi connectivity index (χ1n) is 5.77. The number of aliphatic carboxylic acids is 1. The summed E-state index contributed by atoms with van der Waals surface area (Å²) in [5.74, 6) is -0.473. The van der Waals surface area contributed by atoms with E-state index in [4.69, 9.17) is 5.11 Å². The highest BCUT2D eigenvalue weighted by atomic mass is 16.4. The van der Waals surface area contributed by atoms with E-state index in [1.165, 1.54) is 5.56 Å².